The van der Waals surface area contributed by atoms with Crippen LogP contribution >= 0.6 is 23.2 Å². The molecule has 0 aliphatic carbocycles. The van der Waals surface area contributed by atoms with E-state index in [2.05, 4.69) is 10.2 Å². The Labute approximate surface area is 108 Å². The van der Waals surface area contributed by atoms with E-state index in [9.17, 15) is 4.39 Å². The summed E-state index contributed by atoms with van der Waals surface area (Å²) in [6, 6.07) is 4.60. The number of aromatic nitrogens is 3. The zero-order valence-electron chi connectivity index (χ0n) is 9.12. The van der Waals surface area contributed by atoms with Gasteiger partial charge >= 0.3 is 0 Å². The molecule has 2 rings (SSSR count). The molecule has 1 heterocycles. The Morgan fingerprint density at radius 3 is 2.59 bits per heavy atom. The first-order valence-electron chi connectivity index (χ1n) is 4.99. The maximum Gasteiger partial charge on any atom is 0.147 e. The van der Waals surface area contributed by atoms with Crippen LogP contribution in [-0.4, -0.2) is 14.8 Å². The topological polar surface area (TPSA) is 30.7 Å². The van der Waals surface area contributed by atoms with Crippen LogP contribution in [0.4, 0.5) is 4.39 Å². The quantitative estimate of drug-likeness (QED) is 0.806. The van der Waals surface area contributed by atoms with Gasteiger partial charge in [-0.2, -0.15) is 0 Å². The highest BCUT2D eigenvalue weighted by atomic mass is 35.5. The lowest BCUT2D eigenvalue weighted by molar-refractivity contribution is 0.610. The fourth-order valence-electron chi connectivity index (χ4n) is 1.53. The molecule has 0 bridgehead atoms. The molecule has 1 aromatic heterocycles. The van der Waals surface area contributed by atoms with Gasteiger partial charge in [-0.05, 0) is 12.1 Å². The smallest absolute Gasteiger partial charge is 0.147 e. The van der Waals surface area contributed by atoms with Crippen LogP contribution in [0.5, 0.6) is 0 Å². The van der Waals surface area contributed by atoms with E-state index in [0.717, 1.165) is 0 Å². The summed E-state index contributed by atoms with van der Waals surface area (Å²) < 4.78 is 15.3. The van der Waals surface area contributed by atoms with Crippen molar-refractivity contribution in [2.45, 2.75) is 12.3 Å². The van der Waals surface area contributed by atoms with Gasteiger partial charge in [-0.15, -0.1) is 21.8 Å². The molecule has 0 aliphatic rings. The van der Waals surface area contributed by atoms with E-state index < -0.39 is 0 Å². The van der Waals surface area contributed by atoms with Crippen LogP contribution in [0, 0.1) is 5.82 Å². The summed E-state index contributed by atoms with van der Waals surface area (Å²) in [6.45, 7) is 0. The summed E-state index contributed by atoms with van der Waals surface area (Å²) in [7, 11) is 1.79. The number of hydrogen-bond donors (Lipinski definition) is 0. The number of halogens is 3. The monoisotopic (exact) mass is 273 g/mol. The van der Waals surface area contributed by atoms with E-state index in [0.29, 0.717) is 28.7 Å². The van der Waals surface area contributed by atoms with Crippen LogP contribution in [0.15, 0.2) is 18.2 Å². The van der Waals surface area contributed by atoms with Gasteiger partial charge in [-0.25, -0.2) is 4.39 Å². The number of alkyl halides is 1. The zero-order valence-corrected chi connectivity index (χ0v) is 10.6. The van der Waals surface area contributed by atoms with Gasteiger partial charge in [0.1, 0.15) is 17.5 Å². The molecule has 0 amide bonds. The molecule has 0 N–H and O–H groups in total. The van der Waals surface area contributed by atoms with Gasteiger partial charge in [0.25, 0.3) is 0 Å². The molecular weight excluding hydrogens is 264 g/mol. The highest BCUT2D eigenvalue weighted by Gasteiger charge is 2.13. The van der Waals surface area contributed by atoms with Gasteiger partial charge in [-0.1, -0.05) is 17.7 Å². The van der Waals surface area contributed by atoms with Crippen molar-refractivity contribution in [3.05, 3.63) is 46.3 Å². The van der Waals surface area contributed by atoms with Crippen molar-refractivity contribution in [3.8, 4) is 0 Å². The summed E-state index contributed by atoms with van der Waals surface area (Å²) in [6.07, 6.45) is 0.298. The van der Waals surface area contributed by atoms with E-state index in [-0.39, 0.29) is 11.7 Å². The SMILES string of the molecule is Cn1c(CCl)nnc1Cc1c(F)cccc1Cl. The highest BCUT2D eigenvalue weighted by Crippen LogP contribution is 2.21. The first kappa shape index (κ1) is 12.3. The molecule has 90 valence electrons. The Morgan fingerprint density at radius 2 is 2.00 bits per heavy atom. The lowest BCUT2D eigenvalue weighted by atomic mass is 10.1. The molecule has 1 aromatic carbocycles. The maximum atomic E-state index is 13.6. The minimum atomic E-state index is -0.340. The third kappa shape index (κ3) is 2.42. The molecule has 0 saturated carbocycles. The number of rotatable bonds is 3. The van der Waals surface area contributed by atoms with Gasteiger partial charge < -0.3 is 4.57 Å². The van der Waals surface area contributed by atoms with Gasteiger partial charge in [0.15, 0.2) is 0 Å². The Bertz CT molecular complexity index is 519. The third-order valence-corrected chi connectivity index (χ3v) is 3.16. The van der Waals surface area contributed by atoms with Crippen molar-refractivity contribution < 1.29 is 4.39 Å². The van der Waals surface area contributed by atoms with Gasteiger partial charge in [0.2, 0.25) is 0 Å². The molecule has 0 fully saturated rings. The van der Waals surface area contributed by atoms with Crippen molar-refractivity contribution in [2.24, 2.45) is 7.05 Å². The Morgan fingerprint density at radius 1 is 1.29 bits per heavy atom. The fourth-order valence-corrected chi connectivity index (χ4v) is 1.99. The van der Waals surface area contributed by atoms with E-state index >= 15 is 0 Å². The van der Waals surface area contributed by atoms with E-state index in [1.165, 1.54) is 6.07 Å². The summed E-state index contributed by atoms with van der Waals surface area (Å²) in [4.78, 5) is 0. The standard InChI is InChI=1S/C11H10Cl2FN3/c1-17-10(15-16-11(17)6-12)5-7-8(13)3-2-4-9(7)14/h2-4H,5-6H2,1H3. The van der Waals surface area contributed by atoms with E-state index in [4.69, 9.17) is 23.2 Å². The minimum Gasteiger partial charge on any atom is -0.317 e. The van der Waals surface area contributed by atoms with E-state index in [1.54, 1.807) is 23.7 Å². The molecule has 0 aliphatic heterocycles. The van der Waals surface area contributed by atoms with Crippen molar-refractivity contribution in [1.29, 1.82) is 0 Å². The third-order valence-electron chi connectivity index (χ3n) is 2.57. The molecule has 0 radical (unpaired) electrons. The average molecular weight is 274 g/mol. The molecule has 2 aromatic rings. The summed E-state index contributed by atoms with van der Waals surface area (Å²) in [5.74, 6) is 1.21. The molecule has 0 spiro atoms. The van der Waals surface area contributed by atoms with Crippen molar-refractivity contribution in [2.75, 3.05) is 0 Å². The normalized spacial score (nSPS) is 10.8. The molecule has 6 heteroatoms. The minimum absolute atomic E-state index is 0.272. The van der Waals surface area contributed by atoms with Crippen LogP contribution in [0.3, 0.4) is 0 Å². The van der Waals surface area contributed by atoms with Gasteiger partial charge in [0, 0.05) is 24.1 Å². The van der Waals surface area contributed by atoms with Crippen LogP contribution in [0.2, 0.25) is 5.02 Å². The Hall–Kier alpha value is -1.13. The predicted octanol–water partition coefficient (Wildman–Crippen LogP) is 2.94. The van der Waals surface area contributed by atoms with Crippen LogP contribution in [0.25, 0.3) is 0 Å². The summed E-state index contributed by atoms with van der Waals surface area (Å²) in [5.41, 5.74) is 0.422. The molecular formula is C11H10Cl2FN3. The Balaban J connectivity index is 2.35. The predicted molar refractivity (Wildman–Crippen MR) is 64.8 cm³/mol. The number of hydrogen-bond acceptors (Lipinski definition) is 2. The fraction of sp³-hybridized carbons (Fsp3) is 0.273. The summed E-state index contributed by atoms with van der Waals surface area (Å²) in [5, 5.41) is 8.26. The van der Waals surface area contributed by atoms with Gasteiger partial charge in [-0.3, -0.25) is 0 Å². The van der Waals surface area contributed by atoms with Gasteiger partial charge in [0.05, 0.1) is 5.88 Å². The second-order valence-electron chi connectivity index (χ2n) is 3.60. The van der Waals surface area contributed by atoms with Crippen LogP contribution in [-0.2, 0) is 19.3 Å². The van der Waals surface area contributed by atoms with Crippen molar-refractivity contribution in [1.82, 2.24) is 14.8 Å². The maximum absolute atomic E-state index is 13.6. The summed E-state index contributed by atoms with van der Waals surface area (Å²) >= 11 is 11.6. The van der Waals surface area contributed by atoms with Crippen molar-refractivity contribution >= 4 is 23.2 Å². The average Bonchev–Trinajstić information content (AvgIpc) is 2.65. The van der Waals surface area contributed by atoms with Crippen LogP contribution in [0.1, 0.15) is 17.2 Å². The second kappa shape index (κ2) is 5.02. The lowest BCUT2D eigenvalue weighted by Crippen LogP contribution is -2.03. The van der Waals surface area contributed by atoms with Crippen LogP contribution < -0.4 is 0 Å². The lowest BCUT2D eigenvalue weighted by Gasteiger charge is -2.05. The zero-order chi connectivity index (χ0) is 12.4. The molecule has 17 heavy (non-hydrogen) atoms. The number of benzene rings is 1. The molecule has 3 nitrogen and oxygen atoms in total. The van der Waals surface area contributed by atoms with E-state index in [1.807, 2.05) is 0 Å². The Kier molecular flexibility index (Phi) is 3.64. The molecule has 0 atom stereocenters. The first-order valence-corrected chi connectivity index (χ1v) is 5.90. The second-order valence-corrected chi connectivity index (χ2v) is 4.28. The highest BCUT2D eigenvalue weighted by molar-refractivity contribution is 6.31. The number of nitrogens with zero attached hydrogens (tertiary/aromatic N) is 3. The molecule has 0 saturated heterocycles. The largest absolute Gasteiger partial charge is 0.317 e. The molecule has 0 unspecified atom stereocenters. The first-order chi connectivity index (χ1) is 8.13. The van der Waals surface area contributed by atoms with Crippen molar-refractivity contribution in [3.63, 3.8) is 0 Å².